The second-order valence-electron chi connectivity index (χ2n) is 4.62. The lowest BCUT2D eigenvalue weighted by Crippen LogP contribution is -2.03. The van der Waals surface area contributed by atoms with E-state index >= 15 is 0 Å². The Labute approximate surface area is 121 Å². The molecule has 1 aromatic heterocycles. The van der Waals surface area contributed by atoms with Crippen molar-refractivity contribution in [2.75, 3.05) is 5.32 Å². The molecule has 21 heavy (non-hydrogen) atoms. The Morgan fingerprint density at radius 2 is 1.81 bits per heavy atom. The summed E-state index contributed by atoms with van der Waals surface area (Å²) in [5.41, 5.74) is 2.57. The van der Waals surface area contributed by atoms with Gasteiger partial charge in [0, 0.05) is 24.2 Å². The summed E-state index contributed by atoms with van der Waals surface area (Å²) in [6.45, 7) is 0.508. The van der Waals surface area contributed by atoms with Crippen LogP contribution in [-0.4, -0.2) is 9.91 Å². The summed E-state index contributed by atoms with van der Waals surface area (Å²) in [6.07, 6.45) is 1.75. The number of anilines is 1. The fourth-order valence-electron chi connectivity index (χ4n) is 2.28. The van der Waals surface area contributed by atoms with Gasteiger partial charge >= 0.3 is 0 Å². The highest BCUT2D eigenvalue weighted by molar-refractivity contribution is 5.82. The summed E-state index contributed by atoms with van der Waals surface area (Å²) in [5.74, 6) is 0. The van der Waals surface area contributed by atoms with Crippen molar-refractivity contribution in [3.8, 4) is 0 Å². The maximum Gasteiger partial charge on any atom is 0.292 e. The number of fused-ring (bicyclic) bond motifs is 1. The number of para-hydroxylation sites is 3. The number of nitrogens with one attached hydrogen (secondary N) is 1. The number of nitro benzene ring substituents is 1. The molecule has 5 heteroatoms. The molecule has 5 nitrogen and oxygen atoms in total. The highest BCUT2D eigenvalue weighted by Gasteiger charge is 2.12. The number of hydrogen-bond donors (Lipinski definition) is 1. The third-order valence-electron chi connectivity index (χ3n) is 3.31. The summed E-state index contributed by atoms with van der Waals surface area (Å²) >= 11 is 0. The molecule has 2 aromatic carbocycles. The van der Waals surface area contributed by atoms with Gasteiger partial charge in [0.2, 0.25) is 0 Å². The van der Waals surface area contributed by atoms with Crippen molar-refractivity contribution >= 4 is 22.3 Å². The summed E-state index contributed by atoms with van der Waals surface area (Å²) in [7, 11) is 0. The van der Waals surface area contributed by atoms with Crippen LogP contribution in [0.5, 0.6) is 0 Å². The van der Waals surface area contributed by atoms with Crippen molar-refractivity contribution in [1.29, 1.82) is 0 Å². The molecule has 0 unspecified atom stereocenters. The molecule has 0 fully saturated rings. The van der Waals surface area contributed by atoms with E-state index in [0.717, 1.165) is 16.5 Å². The Hall–Kier alpha value is -2.95. The Balaban J connectivity index is 1.89. The van der Waals surface area contributed by atoms with Gasteiger partial charge in [0.1, 0.15) is 5.69 Å². The number of hydrogen-bond acceptors (Lipinski definition) is 4. The maximum absolute atomic E-state index is 11.0. The Morgan fingerprint density at radius 3 is 2.67 bits per heavy atom. The minimum atomic E-state index is -0.382. The third kappa shape index (κ3) is 2.67. The molecule has 0 radical (unpaired) electrons. The highest BCUT2D eigenvalue weighted by Crippen LogP contribution is 2.24. The fraction of sp³-hybridized carbons (Fsp3) is 0.0625. The molecule has 3 rings (SSSR count). The first-order valence-corrected chi connectivity index (χ1v) is 6.55. The van der Waals surface area contributed by atoms with E-state index < -0.39 is 0 Å². The first kappa shape index (κ1) is 13.1. The molecule has 1 N–H and O–H groups in total. The lowest BCUT2D eigenvalue weighted by Gasteiger charge is -2.09. The molecule has 0 aliphatic carbocycles. The van der Waals surface area contributed by atoms with Gasteiger partial charge in [-0.1, -0.05) is 30.3 Å². The minimum Gasteiger partial charge on any atom is -0.375 e. The summed E-state index contributed by atoms with van der Waals surface area (Å²) in [4.78, 5) is 14.9. The topological polar surface area (TPSA) is 68.1 Å². The van der Waals surface area contributed by atoms with Crippen LogP contribution in [0.15, 0.2) is 60.8 Å². The SMILES string of the molecule is O=[N+]([O-])c1ccccc1NCc1ccnc2ccccc12. The molecular weight excluding hydrogens is 266 g/mol. The Morgan fingerprint density at radius 1 is 1.05 bits per heavy atom. The molecule has 0 aliphatic rings. The molecule has 0 bridgehead atoms. The van der Waals surface area contributed by atoms with Crippen LogP contribution in [0.25, 0.3) is 10.9 Å². The molecule has 1 heterocycles. The van der Waals surface area contributed by atoms with E-state index in [9.17, 15) is 10.1 Å². The molecule has 0 aliphatic heterocycles. The minimum absolute atomic E-state index is 0.0795. The smallest absolute Gasteiger partial charge is 0.292 e. The third-order valence-corrected chi connectivity index (χ3v) is 3.31. The first-order valence-electron chi connectivity index (χ1n) is 6.55. The quantitative estimate of drug-likeness (QED) is 0.583. The summed E-state index contributed by atoms with van der Waals surface area (Å²) < 4.78 is 0. The van der Waals surface area contributed by atoms with E-state index in [4.69, 9.17) is 0 Å². The van der Waals surface area contributed by atoms with Crippen molar-refractivity contribution in [3.05, 3.63) is 76.5 Å². The zero-order valence-electron chi connectivity index (χ0n) is 11.2. The van der Waals surface area contributed by atoms with Gasteiger partial charge in [-0.25, -0.2) is 0 Å². The fourth-order valence-corrected chi connectivity index (χ4v) is 2.28. The van der Waals surface area contributed by atoms with Crippen LogP contribution in [0.4, 0.5) is 11.4 Å². The maximum atomic E-state index is 11.0. The van der Waals surface area contributed by atoms with E-state index in [1.54, 1.807) is 24.4 Å². The van der Waals surface area contributed by atoms with Gasteiger partial charge in [-0.3, -0.25) is 15.1 Å². The Bertz CT molecular complexity index is 797. The van der Waals surface area contributed by atoms with Crippen LogP contribution < -0.4 is 5.32 Å². The van der Waals surface area contributed by atoms with Gasteiger partial charge in [0.15, 0.2) is 0 Å². The molecule has 3 aromatic rings. The predicted molar refractivity (Wildman–Crippen MR) is 82.2 cm³/mol. The second kappa shape index (κ2) is 5.58. The van der Waals surface area contributed by atoms with E-state index in [0.29, 0.717) is 12.2 Å². The van der Waals surface area contributed by atoms with Crippen molar-refractivity contribution in [2.45, 2.75) is 6.54 Å². The molecule has 0 saturated carbocycles. The zero-order valence-corrected chi connectivity index (χ0v) is 11.2. The van der Waals surface area contributed by atoms with Gasteiger partial charge in [-0.15, -0.1) is 0 Å². The van der Waals surface area contributed by atoms with Crippen LogP contribution in [0.3, 0.4) is 0 Å². The van der Waals surface area contributed by atoms with Crippen LogP contribution in [0, 0.1) is 10.1 Å². The van der Waals surface area contributed by atoms with Gasteiger partial charge in [0.25, 0.3) is 5.69 Å². The van der Waals surface area contributed by atoms with Crippen molar-refractivity contribution in [2.24, 2.45) is 0 Å². The first-order chi connectivity index (χ1) is 10.3. The average molecular weight is 279 g/mol. The largest absolute Gasteiger partial charge is 0.375 e. The van der Waals surface area contributed by atoms with Gasteiger partial charge in [0.05, 0.1) is 10.4 Å². The number of rotatable bonds is 4. The van der Waals surface area contributed by atoms with Gasteiger partial charge < -0.3 is 5.32 Å². The van der Waals surface area contributed by atoms with E-state index in [2.05, 4.69) is 10.3 Å². The Kier molecular flexibility index (Phi) is 3.47. The van der Waals surface area contributed by atoms with Gasteiger partial charge in [-0.05, 0) is 23.8 Å². The highest BCUT2D eigenvalue weighted by atomic mass is 16.6. The van der Waals surface area contributed by atoms with E-state index in [1.807, 2.05) is 30.3 Å². The summed E-state index contributed by atoms with van der Waals surface area (Å²) in [5, 5.41) is 15.2. The lowest BCUT2D eigenvalue weighted by molar-refractivity contribution is -0.384. The average Bonchev–Trinajstić information content (AvgIpc) is 2.53. The second-order valence-corrected chi connectivity index (χ2v) is 4.62. The number of aromatic nitrogens is 1. The van der Waals surface area contributed by atoms with Crippen molar-refractivity contribution in [3.63, 3.8) is 0 Å². The van der Waals surface area contributed by atoms with Crippen molar-refractivity contribution < 1.29 is 4.92 Å². The molecule has 0 amide bonds. The van der Waals surface area contributed by atoms with Crippen LogP contribution in [-0.2, 0) is 6.54 Å². The van der Waals surface area contributed by atoms with Crippen LogP contribution in [0.1, 0.15) is 5.56 Å². The molecule has 104 valence electrons. The normalized spacial score (nSPS) is 10.5. The molecule has 0 spiro atoms. The van der Waals surface area contributed by atoms with Crippen molar-refractivity contribution in [1.82, 2.24) is 4.98 Å². The lowest BCUT2D eigenvalue weighted by atomic mass is 10.1. The van der Waals surface area contributed by atoms with E-state index in [-0.39, 0.29) is 10.6 Å². The summed E-state index contributed by atoms with van der Waals surface area (Å²) in [6, 6.07) is 16.4. The van der Waals surface area contributed by atoms with Gasteiger partial charge in [-0.2, -0.15) is 0 Å². The standard InChI is InChI=1S/C16H13N3O2/c20-19(21)16-8-4-3-7-15(16)18-11-12-9-10-17-14-6-2-1-5-13(12)14/h1-10,18H,11H2. The molecule has 0 saturated heterocycles. The van der Waals surface area contributed by atoms with Crippen LogP contribution in [0.2, 0.25) is 0 Å². The van der Waals surface area contributed by atoms with Crippen LogP contribution >= 0.6 is 0 Å². The number of benzene rings is 2. The van der Waals surface area contributed by atoms with E-state index in [1.165, 1.54) is 6.07 Å². The number of nitro groups is 1. The molecule has 0 atom stereocenters. The monoisotopic (exact) mass is 279 g/mol. The number of nitrogens with zero attached hydrogens (tertiary/aromatic N) is 2. The molecular formula is C16H13N3O2. The number of pyridine rings is 1. The predicted octanol–water partition coefficient (Wildman–Crippen LogP) is 3.76. The zero-order chi connectivity index (χ0) is 14.7.